The normalized spacial score (nSPS) is 21.9. The first-order valence-corrected chi connectivity index (χ1v) is 18.7. The first-order chi connectivity index (χ1) is 21.5. The van der Waals surface area contributed by atoms with Crippen LogP contribution < -0.4 is 26.5 Å². The number of phenolic OH excluding ortho intramolecular Hbond substituents is 1. The number of rotatable bonds is 5. The third-order valence-electron chi connectivity index (χ3n) is 10.3. The van der Waals surface area contributed by atoms with Gasteiger partial charge in [0, 0.05) is 5.41 Å². The molecule has 0 radical (unpaired) electrons. The van der Waals surface area contributed by atoms with Crippen molar-refractivity contribution in [1.82, 2.24) is 4.90 Å². The average Bonchev–Trinajstić information content (AvgIpc) is 3.26. The molecule has 0 atom stereocenters. The Morgan fingerprint density at radius 1 is 0.867 bits per heavy atom. The van der Waals surface area contributed by atoms with Crippen LogP contribution in [0.1, 0.15) is 63.6 Å². The molecule has 3 fully saturated rings. The molecule has 1 spiro atoms. The number of phenols is 1. The van der Waals surface area contributed by atoms with Gasteiger partial charge < -0.3 is 0 Å². The Kier molecular flexibility index (Phi) is 7.85. The molecular formula is C39H46IN2O3-. The quantitative estimate of drug-likeness (QED) is 0.169. The molecule has 6 heteroatoms. The Morgan fingerprint density at radius 3 is 2.31 bits per heavy atom. The number of ether oxygens (including phenoxy) is 1. The molecule has 2 heterocycles. The summed E-state index contributed by atoms with van der Waals surface area (Å²) in [5.41, 5.74) is 9.64. The number of benzene rings is 3. The van der Waals surface area contributed by atoms with E-state index in [1.807, 2.05) is 0 Å². The van der Waals surface area contributed by atoms with Crippen molar-refractivity contribution in [2.75, 3.05) is 48.9 Å². The van der Waals surface area contributed by atoms with Crippen LogP contribution in [0.3, 0.4) is 0 Å². The van der Waals surface area contributed by atoms with E-state index < -0.39 is 0 Å². The van der Waals surface area contributed by atoms with Crippen molar-refractivity contribution in [2.24, 2.45) is 10.8 Å². The molecule has 3 aromatic rings. The van der Waals surface area contributed by atoms with Crippen molar-refractivity contribution in [3.63, 3.8) is 0 Å². The Hall–Kier alpha value is -2.81. The molecule has 5 nitrogen and oxygen atoms in total. The maximum absolute atomic E-state index is 11.9. The van der Waals surface area contributed by atoms with Gasteiger partial charge >= 0.3 is 188 Å². The smallest absolute Gasteiger partial charge is 0.0619 e. The van der Waals surface area contributed by atoms with Gasteiger partial charge in [0.05, 0.1) is 0 Å². The number of fused-ring (bicyclic) bond motifs is 7. The minimum absolute atomic E-state index is 0.130. The van der Waals surface area contributed by atoms with Crippen LogP contribution in [0.4, 0.5) is 5.69 Å². The summed E-state index contributed by atoms with van der Waals surface area (Å²) >= 11 is -0.247. The van der Waals surface area contributed by atoms with E-state index in [1.165, 1.54) is 28.7 Å². The molecule has 45 heavy (non-hydrogen) atoms. The van der Waals surface area contributed by atoms with Crippen molar-refractivity contribution in [3.8, 4) is 16.9 Å². The van der Waals surface area contributed by atoms with Crippen LogP contribution in [0, 0.1) is 10.8 Å². The molecule has 238 valence electrons. The summed E-state index contributed by atoms with van der Waals surface area (Å²) in [5, 5.41) is 13.9. The van der Waals surface area contributed by atoms with E-state index in [4.69, 9.17) is 7.80 Å². The van der Waals surface area contributed by atoms with Gasteiger partial charge in [-0.1, -0.05) is 52.0 Å². The number of alkyl halides is 1. The van der Waals surface area contributed by atoms with E-state index >= 15 is 0 Å². The zero-order chi connectivity index (χ0) is 31.6. The molecule has 0 bridgehead atoms. The van der Waals surface area contributed by atoms with Gasteiger partial charge in [0.1, 0.15) is 0 Å². The van der Waals surface area contributed by atoms with Gasteiger partial charge in [0.25, 0.3) is 0 Å². The Labute approximate surface area is 279 Å². The minimum Gasteiger partial charge on any atom is -0.0619 e. The van der Waals surface area contributed by atoms with E-state index in [2.05, 4.69) is 105 Å². The van der Waals surface area contributed by atoms with Crippen LogP contribution in [-0.2, 0) is 13.2 Å². The summed E-state index contributed by atoms with van der Waals surface area (Å²) in [7, 11) is 0. The number of nitrogens with zero attached hydrogens (tertiary/aromatic N) is 2. The van der Waals surface area contributed by atoms with E-state index in [-0.39, 0.29) is 37.9 Å². The van der Waals surface area contributed by atoms with Crippen molar-refractivity contribution in [3.05, 3.63) is 90.2 Å². The third kappa shape index (κ3) is 5.51. The summed E-state index contributed by atoms with van der Waals surface area (Å²) in [6, 6.07) is 15.6. The first kappa shape index (κ1) is 30.8. The number of hydrogen-bond acceptors (Lipinski definition) is 5. The predicted molar refractivity (Wildman–Crippen MR) is 181 cm³/mol. The summed E-state index contributed by atoms with van der Waals surface area (Å²) < 4.78 is 12.4. The third-order valence-corrected chi connectivity index (χ3v) is 12.2. The number of anilines is 1. The van der Waals surface area contributed by atoms with Crippen LogP contribution >= 0.6 is 0 Å². The fourth-order valence-electron chi connectivity index (χ4n) is 9.16. The average molecular weight is 718 g/mol. The van der Waals surface area contributed by atoms with Crippen LogP contribution in [0.25, 0.3) is 27.5 Å². The summed E-state index contributed by atoms with van der Waals surface area (Å²) in [6.07, 6.45) is 7.51. The maximum atomic E-state index is 11.9. The summed E-state index contributed by atoms with van der Waals surface area (Å²) in [6.45, 7) is 23.3. The van der Waals surface area contributed by atoms with Crippen molar-refractivity contribution >= 4 is 22.0 Å². The molecule has 1 saturated carbocycles. The zero-order valence-electron chi connectivity index (χ0n) is 27.2. The first-order valence-electron chi connectivity index (χ1n) is 16.3. The Bertz CT molecular complexity index is 1690. The molecule has 0 amide bonds. The standard InChI is InChI=1S/C39H46IN2O3/c1-26(11-12-27(2)42-15-18-45-40-25-42)29-19-30-31(20-34(29)41-13-16-44-17-14-41)36-28-9-7-8-10-32(28)39(33(36)21-35(30)43)23-37(3,4)22-38(5,6)24-39/h7-12,19-21,43H,1-2,13-18,22-25H2,3-6H3/q-1/b12-11-. The van der Waals surface area contributed by atoms with Crippen molar-refractivity contribution < 1.29 is 34.5 Å². The predicted octanol–water partition coefficient (Wildman–Crippen LogP) is 5.26. The molecule has 1 N–H and O–H groups in total. The monoisotopic (exact) mass is 717 g/mol. The van der Waals surface area contributed by atoms with Crippen LogP contribution in [-0.4, -0.2) is 54.0 Å². The fraction of sp³-hybridized carbons (Fsp3) is 0.436. The molecule has 0 aromatic heterocycles. The van der Waals surface area contributed by atoms with Gasteiger partial charge in [-0.25, -0.2) is 0 Å². The second-order valence-electron chi connectivity index (χ2n) is 15.0. The van der Waals surface area contributed by atoms with Crippen LogP contribution in [0.15, 0.2) is 73.5 Å². The van der Waals surface area contributed by atoms with Gasteiger partial charge in [0.15, 0.2) is 0 Å². The second-order valence-corrected chi connectivity index (χ2v) is 16.9. The molecule has 7 rings (SSSR count). The molecule has 2 aliphatic carbocycles. The molecule has 2 aliphatic heterocycles. The van der Waals surface area contributed by atoms with Gasteiger partial charge in [0.2, 0.25) is 0 Å². The molecular weight excluding hydrogens is 671 g/mol. The fourth-order valence-corrected chi connectivity index (χ4v) is 11.0. The minimum atomic E-state index is -0.247. The molecule has 4 aliphatic rings. The Balaban J connectivity index is 1.40. The SMILES string of the molecule is C=C(/C=C\C(=C)N1CCO[I-]C1)c1cc2c(O)cc3c(c2cc1N1CCOCC1)-c1ccccc1C31CC(C)(C)CC(C)(C)C1. The molecule has 2 saturated heterocycles. The summed E-state index contributed by atoms with van der Waals surface area (Å²) in [5.74, 6) is 0.352. The molecule has 3 aromatic carbocycles. The van der Waals surface area contributed by atoms with E-state index in [1.54, 1.807) is 0 Å². The van der Waals surface area contributed by atoms with Crippen LogP contribution in [0.5, 0.6) is 5.75 Å². The topological polar surface area (TPSA) is 45.2 Å². The number of allylic oxidation sites excluding steroid dienone is 3. The van der Waals surface area contributed by atoms with Crippen LogP contribution in [0.2, 0.25) is 0 Å². The van der Waals surface area contributed by atoms with E-state index in [9.17, 15) is 5.11 Å². The van der Waals surface area contributed by atoms with Gasteiger partial charge in [-0.05, 0) is 35.7 Å². The van der Waals surface area contributed by atoms with E-state index in [0.29, 0.717) is 19.0 Å². The number of halogens is 1. The molecule has 0 unspecified atom stereocenters. The Morgan fingerprint density at radius 2 is 1.60 bits per heavy atom. The van der Waals surface area contributed by atoms with Gasteiger partial charge in [-0.2, -0.15) is 0 Å². The van der Waals surface area contributed by atoms with Crippen molar-refractivity contribution in [1.29, 1.82) is 0 Å². The second kappa shape index (κ2) is 11.5. The van der Waals surface area contributed by atoms with Gasteiger partial charge in [-0.15, -0.1) is 0 Å². The van der Waals surface area contributed by atoms with Crippen molar-refractivity contribution in [2.45, 2.75) is 52.4 Å². The number of aromatic hydroxyl groups is 1. The van der Waals surface area contributed by atoms with E-state index in [0.717, 1.165) is 76.9 Å². The number of hydrogen-bond donors (Lipinski definition) is 1. The number of morpholine rings is 1. The summed E-state index contributed by atoms with van der Waals surface area (Å²) in [4.78, 5) is 4.73. The zero-order valence-corrected chi connectivity index (χ0v) is 29.4. The van der Waals surface area contributed by atoms with Gasteiger partial charge in [-0.3, -0.25) is 0 Å².